The SMILES string of the molecule is CCOC(=O)/C(C)=C/[C@H](C(C)C)N(C)C(=O)[C@@H](NC(=O)C(C)(C)N(C)C)C(C)(C)C. The number of carbonyl (C=O) groups is 3. The first-order chi connectivity index (χ1) is 13.5. The lowest BCUT2D eigenvalue weighted by atomic mass is 9.84. The second-order valence-electron chi connectivity index (χ2n) is 9.98. The zero-order valence-corrected chi connectivity index (χ0v) is 21.0. The van der Waals surface area contributed by atoms with Gasteiger partial charge < -0.3 is 15.0 Å². The summed E-state index contributed by atoms with van der Waals surface area (Å²) in [5.74, 6) is -0.735. The molecule has 2 amide bonds. The highest BCUT2D eigenvalue weighted by atomic mass is 16.5. The summed E-state index contributed by atoms with van der Waals surface area (Å²) in [5, 5.41) is 2.97. The summed E-state index contributed by atoms with van der Waals surface area (Å²) < 4.78 is 5.07. The second kappa shape index (κ2) is 10.9. The predicted molar refractivity (Wildman–Crippen MR) is 121 cm³/mol. The van der Waals surface area contributed by atoms with Crippen molar-refractivity contribution in [2.75, 3.05) is 27.7 Å². The van der Waals surface area contributed by atoms with Gasteiger partial charge in [0.2, 0.25) is 11.8 Å². The van der Waals surface area contributed by atoms with Crippen LogP contribution >= 0.6 is 0 Å². The molecule has 1 N–H and O–H groups in total. The maximum Gasteiger partial charge on any atom is 0.333 e. The molecule has 0 aromatic carbocycles. The van der Waals surface area contributed by atoms with Crippen LogP contribution in [0.15, 0.2) is 11.6 Å². The lowest BCUT2D eigenvalue weighted by molar-refractivity contribution is -0.142. The zero-order chi connectivity index (χ0) is 24.0. The number of carbonyl (C=O) groups excluding carboxylic acids is 3. The Bertz CT molecular complexity index is 645. The number of hydrogen-bond donors (Lipinski definition) is 1. The Hall–Kier alpha value is -1.89. The fraction of sp³-hybridized carbons (Fsp3) is 0.783. The molecule has 7 heteroatoms. The fourth-order valence-electron chi connectivity index (χ4n) is 2.83. The van der Waals surface area contributed by atoms with E-state index in [0.717, 1.165) is 0 Å². The summed E-state index contributed by atoms with van der Waals surface area (Å²) in [7, 11) is 5.37. The van der Waals surface area contributed by atoms with Gasteiger partial charge in [0.05, 0.1) is 18.2 Å². The van der Waals surface area contributed by atoms with E-state index in [4.69, 9.17) is 4.74 Å². The first-order valence-electron chi connectivity index (χ1n) is 10.6. The molecular formula is C23H43N3O4. The number of rotatable bonds is 9. The van der Waals surface area contributed by atoms with Gasteiger partial charge in [0.15, 0.2) is 0 Å². The number of hydrogen-bond acceptors (Lipinski definition) is 5. The van der Waals surface area contributed by atoms with Gasteiger partial charge in [0.1, 0.15) is 6.04 Å². The van der Waals surface area contributed by atoms with Crippen LogP contribution in [0.2, 0.25) is 0 Å². The predicted octanol–water partition coefficient (Wildman–Crippen LogP) is 2.85. The zero-order valence-electron chi connectivity index (χ0n) is 21.0. The molecule has 0 aromatic rings. The number of amides is 2. The van der Waals surface area contributed by atoms with Crippen molar-refractivity contribution in [3.63, 3.8) is 0 Å². The Kier molecular flexibility index (Phi) is 10.2. The van der Waals surface area contributed by atoms with Crippen molar-refractivity contribution >= 4 is 17.8 Å². The average molecular weight is 426 g/mol. The minimum atomic E-state index is -0.764. The van der Waals surface area contributed by atoms with Crippen LogP contribution in [0.25, 0.3) is 0 Å². The summed E-state index contributed by atoms with van der Waals surface area (Å²) in [6, 6.07) is -1.03. The summed E-state index contributed by atoms with van der Waals surface area (Å²) >= 11 is 0. The molecule has 0 aliphatic heterocycles. The molecule has 0 spiro atoms. The normalized spacial score (nSPS) is 15.1. The van der Waals surface area contributed by atoms with E-state index < -0.39 is 23.0 Å². The maximum absolute atomic E-state index is 13.5. The van der Waals surface area contributed by atoms with Crippen molar-refractivity contribution in [2.45, 2.75) is 79.9 Å². The number of likely N-dealkylation sites (N-methyl/N-ethyl adjacent to an activating group) is 2. The topological polar surface area (TPSA) is 79.0 Å². The molecule has 0 aliphatic rings. The molecule has 7 nitrogen and oxygen atoms in total. The Morgan fingerprint density at radius 2 is 1.53 bits per heavy atom. The molecule has 174 valence electrons. The molecule has 0 rings (SSSR count). The van der Waals surface area contributed by atoms with E-state index in [0.29, 0.717) is 12.2 Å². The van der Waals surface area contributed by atoms with Gasteiger partial charge in [-0.2, -0.15) is 0 Å². The molecule has 0 fully saturated rings. The van der Waals surface area contributed by atoms with Crippen LogP contribution in [0.3, 0.4) is 0 Å². The summed E-state index contributed by atoms with van der Waals surface area (Å²) in [4.78, 5) is 41.9. The lowest BCUT2D eigenvalue weighted by Gasteiger charge is -2.40. The summed E-state index contributed by atoms with van der Waals surface area (Å²) in [6.45, 7) is 17.1. The quantitative estimate of drug-likeness (QED) is 0.454. The van der Waals surface area contributed by atoms with Crippen LogP contribution in [0, 0.1) is 11.3 Å². The van der Waals surface area contributed by atoms with Gasteiger partial charge in [0, 0.05) is 12.6 Å². The maximum atomic E-state index is 13.5. The van der Waals surface area contributed by atoms with Crippen LogP contribution < -0.4 is 5.32 Å². The van der Waals surface area contributed by atoms with Crippen molar-refractivity contribution in [3.05, 3.63) is 11.6 Å². The smallest absolute Gasteiger partial charge is 0.333 e. The molecule has 0 unspecified atom stereocenters. The van der Waals surface area contributed by atoms with E-state index in [-0.39, 0.29) is 23.8 Å². The van der Waals surface area contributed by atoms with Gasteiger partial charge in [-0.3, -0.25) is 14.5 Å². The number of nitrogens with zero attached hydrogens (tertiary/aromatic N) is 2. The van der Waals surface area contributed by atoms with Crippen LogP contribution in [0.5, 0.6) is 0 Å². The highest BCUT2D eigenvalue weighted by molar-refractivity contribution is 5.92. The summed E-state index contributed by atoms with van der Waals surface area (Å²) in [5.41, 5.74) is -0.800. The van der Waals surface area contributed by atoms with Gasteiger partial charge in [-0.15, -0.1) is 0 Å². The van der Waals surface area contributed by atoms with Crippen molar-refractivity contribution in [1.82, 2.24) is 15.1 Å². The summed E-state index contributed by atoms with van der Waals surface area (Å²) in [6.07, 6.45) is 1.77. The average Bonchev–Trinajstić information content (AvgIpc) is 2.61. The highest BCUT2D eigenvalue weighted by Gasteiger charge is 2.40. The molecule has 0 saturated carbocycles. The van der Waals surface area contributed by atoms with Gasteiger partial charge in [-0.1, -0.05) is 40.7 Å². The van der Waals surface area contributed by atoms with Gasteiger partial charge in [-0.25, -0.2) is 4.79 Å². The minimum Gasteiger partial charge on any atom is -0.463 e. The Morgan fingerprint density at radius 1 is 1.03 bits per heavy atom. The van der Waals surface area contributed by atoms with Crippen LogP contribution in [0.1, 0.15) is 62.3 Å². The van der Waals surface area contributed by atoms with E-state index in [9.17, 15) is 14.4 Å². The third-order valence-electron chi connectivity index (χ3n) is 5.56. The van der Waals surface area contributed by atoms with Crippen molar-refractivity contribution in [1.29, 1.82) is 0 Å². The fourth-order valence-corrected chi connectivity index (χ4v) is 2.83. The molecule has 0 aromatic heterocycles. The van der Waals surface area contributed by atoms with E-state index in [1.54, 1.807) is 31.9 Å². The third-order valence-corrected chi connectivity index (χ3v) is 5.56. The molecule has 30 heavy (non-hydrogen) atoms. The van der Waals surface area contributed by atoms with Crippen LogP contribution in [-0.2, 0) is 19.1 Å². The molecule has 0 aliphatic carbocycles. The number of nitrogens with one attached hydrogen (secondary N) is 1. The molecule has 0 radical (unpaired) electrons. The second-order valence-corrected chi connectivity index (χ2v) is 9.98. The Balaban J connectivity index is 5.89. The minimum absolute atomic E-state index is 0.0675. The van der Waals surface area contributed by atoms with Gasteiger partial charge >= 0.3 is 5.97 Å². The third kappa shape index (κ3) is 7.42. The lowest BCUT2D eigenvalue weighted by Crippen LogP contribution is -2.61. The number of esters is 1. The molecular weight excluding hydrogens is 382 g/mol. The number of ether oxygens (including phenoxy) is 1. The van der Waals surface area contributed by atoms with E-state index in [1.165, 1.54) is 0 Å². The van der Waals surface area contributed by atoms with E-state index in [2.05, 4.69) is 5.32 Å². The van der Waals surface area contributed by atoms with Crippen LogP contribution in [0.4, 0.5) is 0 Å². The molecule has 0 bridgehead atoms. The van der Waals surface area contributed by atoms with Gasteiger partial charge in [-0.05, 0) is 53.1 Å². The standard InChI is InChI=1S/C23H43N3O4/c1-13-30-20(28)16(4)14-17(15(2)3)26(12)19(27)18(22(5,6)7)24-21(29)23(8,9)25(10)11/h14-15,17-18H,13H2,1-12H3,(H,24,29)/b16-14+/t17-,18-/m1/s1. The highest BCUT2D eigenvalue weighted by Crippen LogP contribution is 2.25. The van der Waals surface area contributed by atoms with Gasteiger partial charge in [0.25, 0.3) is 0 Å². The van der Waals surface area contributed by atoms with Crippen molar-refractivity contribution < 1.29 is 19.1 Å². The molecule has 2 atom stereocenters. The largest absolute Gasteiger partial charge is 0.463 e. The Morgan fingerprint density at radius 3 is 1.90 bits per heavy atom. The van der Waals surface area contributed by atoms with E-state index >= 15 is 0 Å². The molecule has 0 saturated heterocycles. The van der Waals surface area contributed by atoms with E-state index in [1.807, 2.05) is 67.5 Å². The van der Waals surface area contributed by atoms with Crippen molar-refractivity contribution in [3.8, 4) is 0 Å². The van der Waals surface area contributed by atoms with Crippen molar-refractivity contribution in [2.24, 2.45) is 11.3 Å². The monoisotopic (exact) mass is 425 g/mol. The Labute approximate surface area is 183 Å². The first kappa shape index (κ1) is 28.1. The van der Waals surface area contributed by atoms with Crippen LogP contribution in [-0.4, -0.2) is 73.0 Å². The molecule has 0 heterocycles. The first-order valence-corrected chi connectivity index (χ1v) is 10.6.